The van der Waals surface area contributed by atoms with E-state index in [1.54, 1.807) is 49.4 Å². The predicted octanol–water partition coefficient (Wildman–Crippen LogP) is 7.34. The first-order chi connectivity index (χ1) is 18.0. The number of carbonyl (C=O) groups excluding carboxylic acids is 1. The smallest absolute Gasteiger partial charge is 0.298 e. The fraction of sp³-hybridized carbons (Fsp3) is 0.115. The van der Waals surface area contributed by atoms with E-state index in [0.717, 1.165) is 0 Å². The number of aryl methyl sites for hydroxylation is 1. The number of nitrogens with one attached hydrogen (secondary N) is 1. The van der Waals surface area contributed by atoms with Crippen LogP contribution in [0.15, 0.2) is 75.8 Å². The summed E-state index contributed by atoms with van der Waals surface area (Å²) in [6, 6.07) is 15.9. The summed E-state index contributed by atoms with van der Waals surface area (Å²) < 4.78 is 39.1. The molecule has 4 rings (SSSR count). The number of benzene rings is 4. The van der Waals surface area contributed by atoms with Crippen molar-refractivity contribution in [1.82, 2.24) is 0 Å². The van der Waals surface area contributed by atoms with E-state index < -0.39 is 26.7 Å². The van der Waals surface area contributed by atoms with Gasteiger partial charge in [-0.15, -0.1) is 10.2 Å². The maximum atomic E-state index is 13.2. The van der Waals surface area contributed by atoms with E-state index in [4.69, 9.17) is 27.9 Å². The van der Waals surface area contributed by atoms with Crippen molar-refractivity contribution in [3.8, 4) is 11.5 Å². The summed E-state index contributed by atoms with van der Waals surface area (Å²) in [4.78, 5) is 12.6. The van der Waals surface area contributed by atoms with E-state index in [9.17, 15) is 22.9 Å². The van der Waals surface area contributed by atoms with Gasteiger partial charge in [-0.05, 0) is 41.6 Å². The minimum atomic E-state index is -4.75. The topological polar surface area (TPSA) is 138 Å². The van der Waals surface area contributed by atoms with Crippen LogP contribution >= 0.6 is 23.2 Å². The number of amides is 1. The van der Waals surface area contributed by atoms with Gasteiger partial charge in [-0.1, -0.05) is 60.5 Å². The molecule has 0 heterocycles. The number of phenolic OH excluding ortho intramolecular Hbond substituents is 1. The Morgan fingerprint density at radius 1 is 1.05 bits per heavy atom. The SMILES string of the molecule is CCc1ccc(N=Nc2c(O)c(C(=O)Nc3cc(Cl)cc(OC)c3)cc3ccccc23)c(S(=O)(=O)O)c1Cl. The molecule has 4 aromatic carbocycles. The number of aromatic hydroxyl groups is 1. The van der Waals surface area contributed by atoms with Gasteiger partial charge in [0.25, 0.3) is 16.0 Å². The fourth-order valence-corrected chi connectivity index (χ4v) is 5.37. The summed E-state index contributed by atoms with van der Waals surface area (Å²) >= 11 is 12.3. The van der Waals surface area contributed by atoms with Gasteiger partial charge >= 0.3 is 0 Å². The van der Waals surface area contributed by atoms with Gasteiger partial charge in [0.2, 0.25) is 0 Å². The zero-order chi connectivity index (χ0) is 27.6. The molecule has 0 bridgehead atoms. The summed E-state index contributed by atoms with van der Waals surface area (Å²) in [5, 5.41) is 23.0. The van der Waals surface area contributed by atoms with Crippen molar-refractivity contribution in [3.63, 3.8) is 0 Å². The molecule has 0 radical (unpaired) electrons. The summed E-state index contributed by atoms with van der Waals surface area (Å²) in [6.45, 7) is 1.77. The summed E-state index contributed by atoms with van der Waals surface area (Å²) in [7, 11) is -3.29. The number of nitrogens with zero attached hydrogens (tertiary/aromatic N) is 2. The number of fused-ring (bicyclic) bond motifs is 1. The fourth-order valence-electron chi connectivity index (χ4n) is 3.83. The van der Waals surface area contributed by atoms with Crippen LogP contribution in [0.25, 0.3) is 10.8 Å². The zero-order valence-corrected chi connectivity index (χ0v) is 22.4. The van der Waals surface area contributed by atoms with Crippen molar-refractivity contribution in [3.05, 3.63) is 81.8 Å². The minimum absolute atomic E-state index is 0.0890. The Hall–Kier alpha value is -3.70. The van der Waals surface area contributed by atoms with Crippen molar-refractivity contribution in [2.24, 2.45) is 10.2 Å². The first-order valence-electron chi connectivity index (χ1n) is 11.1. The number of azo groups is 1. The number of carbonyl (C=O) groups is 1. The Morgan fingerprint density at radius 3 is 2.47 bits per heavy atom. The maximum Gasteiger partial charge on any atom is 0.298 e. The van der Waals surface area contributed by atoms with Gasteiger partial charge in [0.05, 0.1) is 17.7 Å². The Labute approximate surface area is 228 Å². The van der Waals surface area contributed by atoms with Crippen LogP contribution in [0.4, 0.5) is 17.1 Å². The van der Waals surface area contributed by atoms with Crippen LogP contribution in [0.5, 0.6) is 11.5 Å². The second kappa shape index (κ2) is 11.0. The molecule has 38 heavy (non-hydrogen) atoms. The lowest BCUT2D eigenvalue weighted by Gasteiger charge is -2.12. The second-order valence-corrected chi connectivity index (χ2v) is 10.3. The Balaban J connectivity index is 1.83. The van der Waals surface area contributed by atoms with Gasteiger partial charge in [0.15, 0.2) is 5.75 Å². The first-order valence-corrected chi connectivity index (χ1v) is 13.3. The van der Waals surface area contributed by atoms with Gasteiger partial charge in [-0.2, -0.15) is 8.42 Å². The highest BCUT2D eigenvalue weighted by Gasteiger charge is 2.23. The molecule has 0 atom stereocenters. The maximum absolute atomic E-state index is 13.2. The number of halogens is 2. The number of ether oxygens (including phenoxy) is 1. The third-order valence-corrected chi connectivity index (χ3v) is 7.35. The highest BCUT2D eigenvalue weighted by molar-refractivity contribution is 7.86. The molecule has 1 amide bonds. The molecule has 0 aromatic heterocycles. The predicted molar refractivity (Wildman–Crippen MR) is 146 cm³/mol. The molecule has 0 spiro atoms. The zero-order valence-electron chi connectivity index (χ0n) is 20.1. The summed E-state index contributed by atoms with van der Waals surface area (Å²) in [5.74, 6) is -0.737. The van der Waals surface area contributed by atoms with Gasteiger partial charge in [0.1, 0.15) is 22.0 Å². The van der Waals surface area contributed by atoms with Crippen LogP contribution in [0.2, 0.25) is 10.0 Å². The third kappa shape index (κ3) is 5.58. The van der Waals surface area contributed by atoms with Crippen LogP contribution in [-0.2, 0) is 16.5 Å². The normalized spacial score (nSPS) is 11.7. The number of rotatable bonds is 7. The van der Waals surface area contributed by atoms with Gasteiger partial charge in [0, 0.05) is 22.2 Å². The molecule has 0 unspecified atom stereocenters. The third-order valence-electron chi connectivity index (χ3n) is 5.66. The van der Waals surface area contributed by atoms with E-state index in [-0.39, 0.29) is 22.0 Å². The van der Waals surface area contributed by atoms with Crippen LogP contribution in [0, 0.1) is 0 Å². The van der Waals surface area contributed by atoms with Crippen molar-refractivity contribution >= 4 is 67.1 Å². The monoisotopic (exact) mass is 573 g/mol. The summed E-state index contributed by atoms with van der Waals surface area (Å²) in [5.41, 5.74) is 0.375. The van der Waals surface area contributed by atoms with E-state index in [1.807, 2.05) is 0 Å². The van der Waals surface area contributed by atoms with Gasteiger partial charge in [-0.3, -0.25) is 9.35 Å². The van der Waals surface area contributed by atoms with E-state index >= 15 is 0 Å². The number of anilines is 1. The lowest BCUT2D eigenvalue weighted by atomic mass is 10.0. The molecule has 3 N–H and O–H groups in total. The molecule has 0 aliphatic heterocycles. The highest BCUT2D eigenvalue weighted by atomic mass is 35.5. The molecule has 0 fully saturated rings. The quantitative estimate of drug-likeness (QED) is 0.156. The molecule has 0 aliphatic carbocycles. The molecule has 0 saturated carbocycles. The molecule has 196 valence electrons. The molecule has 12 heteroatoms. The van der Waals surface area contributed by atoms with Crippen molar-refractivity contribution < 1.29 is 27.6 Å². The Kier molecular flexibility index (Phi) is 7.89. The van der Waals surface area contributed by atoms with Crippen LogP contribution in [0.3, 0.4) is 0 Å². The standard InChI is InChI=1S/C26H21Cl2N3O6S/c1-3-14-8-9-21(25(22(14)28)38(34,35)36)30-31-23-19-7-5-4-6-15(19)10-20(24(23)32)26(33)29-17-11-16(27)12-18(13-17)37-2/h4-13,32H,3H2,1-2H3,(H,29,33)(H,34,35,36). The molecular weight excluding hydrogens is 553 g/mol. The van der Waals surface area contributed by atoms with E-state index in [0.29, 0.717) is 39.2 Å². The molecule has 0 aliphatic rings. The van der Waals surface area contributed by atoms with Crippen LogP contribution < -0.4 is 10.1 Å². The van der Waals surface area contributed by atoms with Crippen LogP contribution in [-0.4, -0.2) is 31.1 Å². The van der Waals surface area contributed by atoms with E-state index in [2.05, 4.69) is 15.5 Å². The second-order valence-electron chi connectivity index (χ2n) is 8.09. The Bertz CT molecular complexity index is 1710. The molecule has 4 aromatic rings. The molecular formula is C26H21Cl2N3O6S. The van der Waals surface area contributed by atoms with E-state index in [1.165, 1.54) is 25.3 Å². The lowest BCUT2D eigenvalue weighted by Crippen LogP contribution is -2.12. The minimum Gasteiger partial charge on any atom is -0.505 e. The lowest BCUT2D eigenvalue weighted by molar-refractivity contribution is 0.102. The van der Waals surface area contributed by atoms with Crippen molar-refractivity contribution in [1.29, 1.82) is 0 Å². The van der Waals surface area contributed by atoms with Crippen molar-refractivity contribution in [2.75, 3.05) is 12.4 Å². The molecule has 9 nitrogen and oxygen atoms in total. The Morgan fingerprint density at radius 2 is 1.79 bits per heavy atom. The van der Waals surface area contributed by atoms with Gasteiger partial charge < -0.3 is 15.2 Å². The number of hydrogen-bond acceptors (Lipinski definition) is 7. The number of phenols is 1. The molecule has 0 saturated heterocycles. The van der Waals surface area contributed by atoms with Crippen LogP contribution in [0.1, 0.15) is 22.8 Å². The average Bonchev–Trinajstić information content (AvgIpc) is 2.86. The first kappa shape index (κ1) is 27.3. The average molecular weight is 574 g/mol. The number of methoxy groups -OCH3 is 1. The van der Waals surface area contributed by atoms with Crippen molar-refractivity contribution in [2.45, 2.75) is 18.2 Å². The number of hydrogen-bond donors (Lipinski definition) is 3. The summed E-state index contributed by atoms with van der Waals surface area (Å²) in [6.07, 6.45) is 0.417. The van der Waals surface area contributed by atoms with Gasteiger partial charge in [-0.25, -0.2) is 0 Å². The largest absolute Gasteiger partial charge is 0.505 e. The highest BCUT2D eigenvalue weighted by Crippen LogP contribution is 2.41.